The van der Waals surface area contributed by atoms with Crippen LogP contribution in [0.15, 0.2) is 29.3 Å². The molecule has 6 nitrogen and oxygen atoms in total. The average Bonchev–Trinajstić information content (AvgIpc) is 2.63. The largest absolute Gasteiger partial charge is 0.484 e. The number of guanidine groups is 1. The first kappa shape index (κ1) is 21.1. The van der Waals surface area contributed by atoms with E-state index in [-0.39, 0.29) is 12.5 Å². The van der Waals surface area contributed by atoms with Gasteiger partial charge in [-0.15, -0.1) is 0 Å². The molecule has 27 heavy (non-hydrogen) atoms. The Morgan fingerprint density at radius 1 is 1.26 bits per heavy atom. The molecule has 1 aliphatic carbocycles. The number of nitrogens with one attached hydrogen (secondary N) is 2. The smallest absolute Gasteiger partial charge is 0.259 e. The van der Waals surface area contributed by atoms with Crippen LogP contribution in [0.25, 0.3) is 0 Å². The lowest BCUT2D eigenvalue weighted by Crippen LogP contribution is -2.46. The van der Waals surface area contributed by atoms with Gasteiger partial charge in [0.25, 0.3) is 5.91 Å². The van der Waals surface area contributed by atoms with Crippen LogP contribution < -0.4 is 15.4 Å². The van der Waals surface area contributed by atoms with Crippen LogP contribution in [0, 0.1) is 5.41 Å². The third-order valence-electron chi connectivity index (χ3n) is 5.32. The first-order valence-electron chi connectivity index (χ1n) is 9.92. The molecule has 2 N–H and O–H groups in total. The second kappa shape index (κ2) is 10.2. The maximum atomic E-state index is 11.7. The van der Waals surface area contributed by atoms with E-state index in [9.17, 15) is 4.79 Å². The zero-order valence-electron chi connectivity index (χ0n) is 17.2. The van der Waals surface area contributed by atoms with Crippen molar-refractivity contribution in [3.8, 4) is 5.75 Å². The number of hydrogen-bond donors (Lipinski definition) is 2. The summed E-state index contributed by atoms with van der Waals surface area (Å²) in [6.07, 6.45) is 5.17. The molecule has 0 unspecified atom stereocenters. The summed E-state index contributed by atoms with van der Waals surface area (Å²) >= 11 is 0. The third-order valence-corrected chi connectivity index (χ3v) is 5.32. The zero-order valence-corrected chi connectivity index (χ0v) is 17.2. The van der Waals surface area contributed by atoms with Gasteiger partial charge in [-0.25, -0.2) is 4.99 Å². The summed E-state index contributed by atoms with van der Waals surface area (Å²) in [7, 11) is 3.44. The number of nitrogens with zero attached hydrogens (tertiary/aromatic N) is 2. The molecule has 0 spiro atoms. The second-order valence-electron chi connectivity index (χ2n) is 7.48. The van der Waals surface area contributed by atoms with Crippen LogP contribution in [0.3, 0.4) is 0 Å². The van der Waals surface area contributed by atoms with Gasteiger partial charge in [-0.1, -0.05) is 25.5 Å². The Morgan fingerprint density at radius 2 is 2.04 bits per heavy atom. The standard InChI is InChI=1S/C21H34N4O2/c1-5-21(11-8-12-21)16-24-20(22-6-2)23-14-17-9-7-10-18(13-17)27-15-19(26)25(3)4/h7,9-10,13H,5-6,8,11-12,14-16H2,1-4H3,(H2,22,23,24). The summed E-state index contributed by atoms with van der Waals surface area (Å²) in [6, 6.07) is 7.75. The Bertz CT molecular complexity index is 633. The van der Waals surface area contributed by atoms with Crippen molar-refractivity contribution in [2.75, 3.05) is 33.8 Å². The second-order valence-corrected chi connectivity index (χ2v) is 7.48. The highest BCUT2D eigenvalue weighted by Gasteiger charge is 2.34. The van der Waals surface area contributed by atoms with Crippen LogP contribution in [0.2, 0.25) is 0 Å². The first-order valence-corrected chi connectivity index (χ1v) is 9.92. The topological polar surface area (TPSA) is 66.0 Å². The molecule has 0 atom stereocenters. The molecule has 1 aromatic rings. The van der Waals surface area contributed by atoms with Gasteiger partial charge in [0.15, 0.2) is 12.6 Å². The van der Waals surface area contributed by atoms with Gasteiger partial charge in [-0.2, -0.15) is 0 Å². The van der Waals surface area contributed by atoms with Crippen LogP contribution >= 0.6 is 0 Å². The van der Waals surface area contributed by atoms with E-state index in [1.54, 1.807) is 14.1 Å². The van der Waals surface area contributed by atoms with E-state index in [4.69, 9.17) is 9.73 Å². The van der Waals surface area contributed by atoms with E-state index < -0.39 is 0 Å². The monoisotopic (exact) mass is 374 g/mol. The molecule has 2 rings (SSSR count). The van der Waals surface area contributed by atoms with Crippen LogP contribution in [0.5, 0.6) is 5.75 Å². The van der Waals surface area contributed by atoms with Crippen molar-refractivity contribution >= 4 is 11.9 Å². The van der Waals surface area contributed by atoms with Gasteiger partial charge in [0.1, 0.15) is 5.75 Å². The quantitative estimate of drug-likeness (QED) is 0.515. The summed E-state index contributed by atoms with van der Waals surface area (Å²) in [5.74, 6) is 1.49. The Hall–Kier alpha value is -2.24. The van der Waals surface area contributed by atoms with Gasteiger partial charge >= 0.3 is 0 Å². The minimum absolute atomic E-state index is 0.0447. The Kier molecular flexibility index (Phi) is 7.95. The lowest BCUT2D eigenvalue weighted by Gasteiger charge is -2.41. The number of aliphatic imine (C=N–C) groups is 1. The zero-order chi connectivity index (χ0) is 19.7. The molecule has 1 aliphatic rings. The van der Waals surface area contributed by atoms with Crippen LogP contribution in [0.1, 0.15) is 45.1 Å². The van der Waals surface area contributed by atoms with E-state index >= 15 is 0 Å². The first-order chi connectivity index (χ1) is 13.0. The lowest BCUT2D eigenvalue weighted by molar-refractivity contribution is -0.130. The van der Waals surface area contributed by atoms with Crippen LogP contribution in [-0.4, -0.2) is 50.6 Å². The average molecular weight is 375 g/mol. The number of likely N-dealkylation sites (N-methyl/N-ethyl adjacent to an activating group) is 1. The molecule has 1 aromatic carbocycles. The molecular weight excluding hydrogens is 340 g/mol. The molecule has 0 heterocycles. The van der Waals surface area contributed by atoms with Gasteiger partial charge in [-0.3, -0.25) is 4.79 Å². The molecule has 0 aliphatic heterocycles. The highest BCUT2D eigenvalue weighted by molar-refractivity contribution is 5.79. The fourth-order valence-corrected chi connectivity index (χ4v) is 3.12. The van der Waals surface area contributed by atoms with Crippen molar-refractivity contribution in [2.45, 2.75) is 46.1 Å². The lowest BCUT2D eigenvalue weighted by atomic mass is 9.67. The number of carbonyl (C=O) groups excluding carboxylic acids is 1. The Labute approximate surface area is 163 Å². The summed E-state index contributed by atoms with van der Waals surface area (Å²) in [4.78, 5) is 17.9. The number of rotatable bonds is 9. The predicted molar refractivity (Wildman–Crippen MR) is 110 cm³/mol. The minimum atomic E-state index is -0.0575. The fourth-order valence-electron chi connectivity index (χ4n) is 3.12. The Morgan fingerprint density at radius 3 is 2.63 bits per heavy atom. The fraction of sp³-hybridized carbons (Fsp3) is 0.619. The van der Waals surface area contributed by atoms with Crippen molar-refractivity contribution in [2.24, 2.45) is 10.4 Å². The van der Waals surface area contributed by atoms with Crippen LogP contribution in [-0.2, 0) is 11.3 Å². The van der Waals surface area contributed by atoms with E-state index in [1.165, 1.54) is 30.6 Å². The van der Waals surface area contributed by atoms with Crippen molar-refractivity contribution in [1.82, 2.24) is 15.5 Å². The Balaban J connectivity index is 1.92. The summed E-state index contributed by atoms with van der Waals surface area (Å²) < 4.78 is 5.58. The number of hydrogen-bond acceptors (Lipinski definition) is 3. The van der Waals surface area contributed by atoms with Gasteiger partial charge in [0.2, 0.25) is 0 Å². The third kappa shape index (κ3) is 6.45. The molecule has 0 radical (unpaired) electrons. The molecular formula is C21H34N4O2. The molecule has 150 valence electrons. The SMILES string of the molecule is CCNC(=NCc1cccc(OCC(=O)N(C)C)c1)NCC1(CC)CCC1. The van der Waals surface area contributed by atoms with Crippen molar-refractivity contribution < 1.29 is 9.53 Å². The highest BCUT2D eigenvalue weighted by Crippen LogP contribution is 2.42. The minimum Gasteiger partial charge on any atom is -0.484 e. The number of carbonyl (C=O) groups is 1. The highest BCUT2D eigenvalue weighted by atomic mass is 16.5. The summed E-state index contributed by atoms with van der Waals surface area (Å²) in [5, 5.41) is 6.83. The molecule has 6 heteroatoms. The molecule has 0 saturated heterocycles. The van der Waals surface area contributed by atoms with Crippen molar-refractivity contribution in [3.05, 3.63) is 29.8 Å². The maximum Gasteiger partial charge on any atom is 0.259 e. The molecule has 1 amide bonds. The van der Waals surface area contributed by atoms with E-state index in [0.29, 0.717) is 17.7 Å². The van der Waals surface area contributed by atoms with Crippen molar-refractivity contribution in [1.29, 1.82) is 0 Å². The number of ether oxygens (including phenoxy) is 1. The normalized spacial score (nSPS) is 15.6. The molecule has 0 bridgehead atoms. The van der Waals surface area contributed by atoms with Gasteiger partial charge in [-0.05, 0) is 49.3 Å². The molecule has 0 aromatic heterocycles. The van der Waals surface area contributed by atoms with Gasteiger partial charge in [0, 0.05) is 27.2 Å². The summed E-state index contributed by atoms with van der Waals surface area (Å²) in [5.41, 5.74) is 1.50. The van der Waals surface area contributed by atoms with E-state index in [0.717, 1.165) is 24.6 Å². The van der Waals surface area contributed by atoms with Gasteiger partial charge < -0.3 is 20.3 Å². The number of amides is 1. The van der Waals surface area contributed by atoms with E-state index in [2.05, 4.69) is 24.5 Å². The van der Waals surface area contributed by atoms with Crippen molar-refractivity contribution in [3.63, 3.8) is 0 Å². The molecule has 1 saturated carbocycles. The molecule has 1 fully saturated rings. The number of benzene rings is 1. The maximum absolute atomic E-state index is 11.7. The van der Waals surface area contributed by atoms with Crippen LogP contribution in [0.4, 0.5) is 0 Å². The van der Waals surface area contributed by atoms with Gasteiger partial charge in [0.05, 0.1) is 6.54 Å². The summed E-state index contributed by atoms with van der Waals surface area (Å²) in [6.45, 7) is 6.77. The predicted octanol–water partition coefficient (Wildman–Crippen LogP) is 2.79. The van der Waals surface area contributed by atoms with E-state index in [1.807, 2.05) is 24.3 Å².